The topological polar surface area (TPSA) is 104 Å². The van der Waals surface area contributed by atoms with E-state index in [1.54, 1.807) is 32.9 Å². The summed E-state index contributed by atoms with van der Waals surface area (Å²) >= 11 is 0. The molecule has 0 spiro atoms. The first-order valence-electron chi connectivity index (χ1n) is 9.96. The van der Waals surface area contributed by atoms with Gasteiger partial charge in [-0.2, -0.15) is 0 Å². The number of carbonyl (C=O) groups is 5. The molecule has 1 atom stereocenters. The van der Waals surface area contributed by atoms with E-state index < -0.39 is 47.8 Å². The van der Waals surface area contributed by atoms with Crippen LogP contribution in [0.4, 0.5) is 0 Å². The number of hydrogen-bond donors (Lipinski definition) is 0. The minimum Gasteiger partial charge on any atom is -0.459 e. The largest absolute Gasteiger partial charge is 0.459 e. The molecule has 4 amide bonds. The smallest absolute Gasteiger partial charge is 0.328 e. The van der Waals surface area contributed by atoms with Gasteiger partial charge in [0.1, 0.15) is 18.2 Å². The van der Waals surface area contributed by atoms with E-state index in [-0.39, 0.29) is 30.5 Å². The summed E-state index contributed by atoms with van der Waals surface area (Å²) < 4.78 is 5.30. The summed E-state index contributed by atoms with van der Waals surface area (Å²) in [6, 6.07) is 5.09. The maximum Gasteiger partial charge on any atom is 0.328 e. The summed E-state index contributed by atoms with van der Waals surface area (Å²) in [6.07, 6.45) is 1.31. The number of nitrogens with zero attached hydrogens (tertiary/aromatic N) is 3. The van der Waals surface area contributed by atoms with Gasteiger partial charge >= 0.3 is 5.97 Å². The molecule has 0 aromatic heterocycles. The number of carbonyl (C=O) groups excluding carboxylic acids is 5. The van der Waals surface area contributed by atoms with Gasteiger partial charge in [-0.1, -0.05) is 18.2 Å². The molecule has 0 aliphatic carbocycles. The number of hydrazine groups is 1. The van der Waals surface area contributed by atoms with Crippen LogP contribution in [0, 0.1) is 0 Å². The fourth-order valence-corrected chi connectivity index (χ4v) is 3.65. The molecule has 1 fully saturated rings. The van der Waals surface area contributed by atoms with Gasteiger partial charge in [0.05, 0.1) is 17.7 Å². The van der Waals surface area contributed by atoms with Crippen LogP contribution in [0.1, 0.15) is 54.3 Å². The Morgan fingerprint density at radius 2 is 1.68 bits per heavy atom. The molecular formula is C22H25N3O6. The van der Waals surface area contributed by atoms with E-state index >= 15 is 0 Å². The SMILES string of the molecule is C=CCN1C(=O)CCC(N2C(=O)c3ccccc3C2=O)C(=O)N1CC(=O)OC(C)(C)C. The zero-order valence-electron chi connectivity index (χ0n) is 17.8. The summed E-state index contributed by atoms with van der Waals surface area (Å²) in [5.41, 5.74) is -0.378. The van der Waals surface area contributed by atoms with Crippen molar-refractivity contribution in [1.82, 2.24) is 14.9 Å². The molecule has 3 rings (SSSR count). The van der Waals surface area contributed by atoms with Gasteiger partial charge in [0.15, 0.2) is 0 Å². The summed E-state index contributed by atoms with van der Waals surface area (Å²) in [6.45, 7) is 8.11. The minimum absolute atomic E-state index is 0.0117. The predicted octanol–water partition coefficient (Wildman–Crippen LogP) is 1.54. The molecule has 2 aliphatic heterocycles. The van der Waals surface area contributed by atoms with Crippen LogP contribution in [0.15, 0.2) is 36.9 Å². The van der Waals surface area contributed by atoms with Crippen LogP contribution in [-0.2, 0) is 19.1 Å². The fourth-order valence-electron chi connectivity index (χ4n) is 3.65. The van der Waals surface area contributed by atoms with Gasteiger partial charge in [0.2, 0.25) is 5.91 Å². The average Bonchev–Trinajstić information content (AvgIpc) is 2.88. The van der Waals surface area contributed by atoms with E-state index in [9.17, 15) is 24.0 Å². The Morgan fingerprint density at radius 3 is 2.19 bits per heavy atom. The lowest BCUT2D eigenvalue weighted by atomic mass is 10.1. The van der Waals surface area contributed by atoms with E-state index in [0.29, 0.717) is 0 Å². The molecule has 9 heteroatoms. The summed E-state index contributed by atoms with van der Waals surface area (Å²) in [5.74, 6) is -3.03. The van der Waals surface area contributed by atoms with Crippen LogP contribution >= 0.6 is 0 Å². The van der Waals surface area contributed by atoms with Gasteiger partial charge < -0.3 is 4.74 Å². The third-order valence-corrected chi connectivity index (χ3v) is 4.89. The Labute approximate surface area is 180 Å². The van der Waals surface area contributed by atoms with Gasteiger partial charge in [0.25, 0.3) is 17.7 Å². The molecule has 1 unspecified atom stereocenters. The van der Waals surface area contributed by atoms with Crippen LogP contribution in [0.25, 0.3) is 0 Å². The molecule has 9 nitrogen and oxygen atoms in total. The molecule has 1 aromatic rings. The van der Waals surface area contributed by atoms with E-state index in [2.05, 4.69) is 6.58 Å². The number of benzene rings is 1. The summed E-state index contributed by atoms with van der Waals surface area (Å²) in [4.78, 5) is 65.3. The Balaban J connectivity index is 1.95. The standard InChI is InChI=1S/C22H25N3O6/c1-5-12-23-17(26)11-10-16(21(30)24(23)13-18(27)31-22(2,3)4)25-19(28)14-8-6-7-9-15(14)20(25)29/h5-9,16H,1,10-13H2,2-4H3. The van der Waals surface area contributed by atoms with Crippen molar-refractivity contribution >= 4 is 29.6 Å². The van der Waals surface area contributed by atoms with Gasteiger partial charge in [-0.25, -0.2) is 10.0 Å². The highest BCUT2D eigenvalue weighted by Gasteiger charge is 2.47. The number of hydrogen-bond acceptors (Lipinski definition) is 6. The first-order valence-corrected chi connectivity index (χ1v) is 9.96. The van der Waals surface area contributed by atoms with Crippen molar-refractivity contribution < 1.29 is 28.7 Å². The maximum absolute atomic E-state index is 13.5. The van der Waals surface area contributed by atoms with Crippen LogP contribution < -0.4 is 0 Å². The van der Waals surface area contributed by atoms with Crippen molar-refractivity contribution in [1.29, 1.82) is 0 Å². The summed E-state index contributed by atoms with van der Waals surface area (Å²) in [5, 5.41) is 2.07. The number of fused-ring (bicyclic) bond motifs is 1. The second-order valence-electron chi connectivity index (χ2n) is 8.33. The average molecular weight is 427 g/mol. The second kappa shape index (κ2) is 8.33. The first-order chi connectivity index (χ1) is 14.5. The highest BCUT2D eigenvalue weighted by atomic mass is 16.6. The lowest BCUT2D eigenvalue weighted by Gasteiger charge is -2.35. The Morgan fingerprint density at radius 1 is 1.10 bits per heavy atom. The number of esters is 1. The molecule has 0 radical (unpaired) electrons. The molecule has 1 aromatic carbocycles. The number of imide groups is 1. The fraction of sp³-hybridized carbons (Fsp3) is 0.409. The monoisotopic (exact) mass is 427 g/mol. The highest BCUT2D eigenvalue weighted by Crippen LogP contribution is 2.29. The van der Waals surface area contributed by atoms with E-state index in [0.717, 1.165) is 14.9 Å². The van der Waals surface area contributed by atoms with E-state index in [4.69, 9.17) is 4.74 Å². The van der Waals surface area contributed by atoms with Crippen molar-refractivity contribution in [2.75, 3.05) is 13.1 Å². The second-order valence-corrected chi connectivity index (χ2v) is 8.33. The molecule has 31 heavy (non-hydrogen) atoms. The van der Waals surface area contributed by atoms with Crippen molar-refractivity contribution in [3.05, 3.63) is 48.0 Å². The minimum atomic E-state index is -1.21. The van der Waals surface area contributed by atoms with Crippen LogP contribution in [0.2, 0.25) is 0 Å². The third-order valence-electron chi connectivity index (χ3n) is 4.89. The highest BCUT2D eigenvalue weighted by molar-refractivity contribution is 6.23. The molecule has 164 valence electrons. The van der Waals surface area contributed by atoms with Crippen LogP contribution in [0.5, 0.6) is 0 Å². The van der Waals surface area contributed by atoms with Gasteiger partial charge in [-0.05, 0) is 39.3 Å². The lowest BCUT2D eigenvalue weighted by molar-refractivity contribution is -0.173. The van der Waals surface area contributed by atoms with Crippen LogP contribution in [-0.4, -0.2) is 69.2 Å². The third kappa shape index (κ3) is 4.35. The zero-order chi connectivity index (χ0) is 22.9. The van der Waals surface area contributed by atoms with Gasteiger partial charge in [-0.3, -0.25) is 28.9 Å². The molecular weight excluding hydrogens is 402 g/mol. The van der Waals surface area contributed by atoms with Crippen molar-refractivity contribution in [3.63, 3.8) is 0 Å². The lowest BCUT2D eigenvalue weighted by Crippen LogP contribution is -2.56. The Kier molecular flexibility index (Phi) is 5.97. The molecule has 2 aliphatic rings. The number of ether oxygens (including phenoxy) is 1. The quantitative estimate of drug-likeness (QED) is 0.401. The van der Waals surface area contributed by atoms with Gasteiger partial charge in [-0.15, -0.1) is 6.58 Å². The maximum atomic E-state index is 13.5. The number of rotatable bonds is 5. The number of amides is 4. The van der Waals surface area contributed by atoms with Gasteiger partial charge in [0, 0.05) is 6.42 Å². The first kappa shape index (κ1) is 22.2. The Bertz CT molecular complexity index is 929. The van der Waals surface area contributed by atoms with E-state index in [1.807, 2.05) is 0 Å². The summed E-state index contributed by atoms with van der Waals surface area (Å²) in [7, 11) is 0. The molecule has 2 heterocycles. The molecule has 0 N–H and O–H groups in total. The predicted molar refractivity (Wildman–Crippen MR) is 109 cm³/mol. The van der Waals surface area contributed by atoms with Crippen LogP contribution in [0.3, 0.4) is 0 Å². The van der Waals surface area contributed by atoms with E-state index in [1.165, 1.54) is 18.2 Å². The molecule has 0 saturated carbocycles. The Hall–Kier alpha value is -3.49. The zero-order valence-corrected chi connectivity index (χ0v) is 17.8. The van der Waals surface area contributed by atoms with Crippen molar-refractivity contribution in [2.45, 2.75) is 45.3 Å². The van der Waals surface area contributed by atoms with Crippen molar-refractivity contribution in [2.24, 2.45) is 0 Å². The molecule has 1 saturated heterocycles. The normalized spacial score (nSPS) is 19.5. The molecule has 0 bridgehead atoms. The van der Waals surface area contributed by atoms with Crippen molar-refractivity contribution in [3.8, 4) is 0 Å².